The minimum absolute atomic E-state index is 0.0208. The second kappa shape index (κ2) is 6.63. The lowest BCUT2D eigenvalue weighted by molar-refractivity contribution is 0.102. The van der Waals surface area contributed by atoms with Gasteiger partial charge in [-0.15, -0.1) is 0 Å². The fourth-order valence-electron chi connectivity index (χ4n) is 1.85. The average Bonchev–Trinajstić information content (AvgIpc) is 2.41. The summed E-state index contributed by atoms with van der Waals surface area (Å²) in [6.45, 7) is 0.624. The first-order valence-corrected chi connectivity index (χ1v) is 6.90. The summed E-state index contributed by atoms with van der Waals surface area (Å²) in [6, 6.07) is 11.8. The lowest BCUT2D eigenvalue weighted by Gasteiger charge is -2.11. The van der Waals surface area contributed by atoms with Crippen molar-refractivity contribution in [3.8, 4) is 0 Å². The van der Waals surface area contributed by atoms with Crippen LogP contribution in [0, 0.1) is 5.82 Å². The van der Waals surface area contributed by atoms with Crippen LogP contribution in [0.1, 0.15) is 15.9 Å². The van der Waals surface area contributed by atoms with E-state index >= 15 is 0 Å². The maximum atomic E-state index is 13.7. The van der Waals surface area contributed by atoms with Gasteiger partial charge >= 0.3 is 0 Å². The van der Waals surface area contributed by atoms with Gasteiger partial charge in [0.05, 0.1) is 5.56 Å². The highest BCUT2D eigenvalue weighted by Gasteiger charge is 2.13. The van der Waals surface area contributed by atoms with E-state index in [4.69, 9.17) is 0 Å². The summed E-state index contributed by atoms with van der Waals surface area (Å²) in [5.41, 5.74) is 1.64. The molecule has 0 atom stereocenters. The van der Waals surface area contributed by atoms with Crippen LogP contribution in [0.4, 0.5) is 10.1 Å². The van der Waals surface area contributed by atoms with Gasteiger partial charge in [0.1, 0.15) is 5.82 Å². The maximum absolute atomic E-state index is 13.7. The quantitative estimate of drug-likeness (QED) is 0.896. The zero-order valence-electron chi connectivity index (χ0n) is 10.9. The van der Waals surface area contributed by atoms with Crippen LogP contribution in [0.2, 0.25) is 0 Å². The SMILES string of the molecule is CNCc1ccccc1NC(=O)c1ccc(Br)cc1F. The van der Waals surface area contributed by atoms with Crippen LogP contribution in [0.15, 0.2) is 46.9 Å². The Hall–Kier alpha value is -1.72. The van der Waals surface area contributed by atoms with Crippen LogP contribution >= 0.6 is 15.9 Å². The van der Waals surface area contributed by atoms with Gasteiger partial charge in [-0.05, 0) is 36.9 Å². The number of halogens is 2. The number of para-hydroxylation sites is 1. The van der Waals surface area contributed by atoms with Crippen molar-refractivity contribution in [2.45, 2.75) is 6.54 Å². The number of anilines is 1. The zero-order chi connectivity index (χ0) is 14.5. The van der Waals surface area contributed by atoms with E-state index in [9.17, 15) is 9.18 Å². The highest BCUT2D eigenvalue weighted by atomic mass is 79.9. The third kappa shape index (κ3) is 3.43. The summed E-state index contributed by atoms with van der Waals surface area (Å²) in [5, 5.41) is 5.76. The molecule has 0 radical (unpaired) electrons. The number of carbonyl (C=O) groups is 1. The summed E-state index contributed by atoms with van der Waals surface area (Å²) < 4.78 is 14.3. The molecular formula is C15H14BrFN2O. The van der Waals surface area contributed by atoms with Crippen LogP contribution in [0.5, 0.6) is 0 Å². The molecule has 0 saturated heterocycles. The smallest absolute Gasteiger partial charge is 0.258 e. The monoisotopic (exact) mass is 336 g/mol. The van der Waals surface area contributed by atoms with Crippen molar-refractivity contribution in [3.63, 3.8) is 0 Å². The molecule has 3 nitrogen and oxygen atoms in total. The maximum Gasteiger partial charge on any atom is 0.258 e. The molecule has 0 heterocycles. The molecule has 20 heavy (non-hydrogen) atoms. The van der Waals surface area contributed by atoms with Crippen molar-refractivity contribution in [1.29, 1.82) is 0 Å². The second-order valence-corrected chi connectivity index (χ2v) is 5.18. The molecule has 2 aromatic carbocycles. The van der Waals surface area contributed by atoms with Crippen molar-refractivity contribution in [2.75, 3.05) is 12.4 Å². The average molecular weight is 337 g/mol. The van der Waals surface area contributed by atoms with Crippen molar-refractivity contribution in [1.82, 2.24) is 5.32 Å². The predicted molar refractivity (Wildman–Crippen MR) is 81.3 cm³/mol. The Morgan fingerprint density at radius 1 is 1.25 bits per heavy atom. The number of benzene rings is 2. The second-order valence-electron chi connectivity index (χ2n) is 4.27. The lowest BCUT2D eigenvalue weighted by atomic mass is 10.1. The van der Waals surface area contributed by atoms with Crippen LogP contribution in [0.3, 0.4) is 0 Å². The molecule has 0 aliphatic rings. The summed E-state index contributed by atoms with van der Waals surface area (Å²) in [6.07, 6.45) is 0. The molecule has 0 unspecified atom stereocenters. The predicted octanol–water partition coefficient (Wildman–Crippen LogP) is 3.56. The Morgan fingerprint density at radius 3 is 2.70 bits per heavy atom. The minimum atomic E-state index is -0.553. The Kier molecular flexibility index (Phi) is 4.87. The molecule has 0 aliphatic heterocycles. The molecular weight excluding hydrogens is 323 g/mol. The lowest BCUT2D eigenvalue weighted by Crippen LogP contribution is -2.16. The van der Waals surface area contributed by atoms with Gasteiger partial charge in [0.2, 0.25) is 0 Å². The first kappa shape index (κ1) is 14.7. The molecule has 0 aromatic heterocycles. The highest BCUT2D eigenvalue weighted by Crippen LogP contribution is 2.19. The van der Waals surface area contributed by atoms with Gasteiger partial charge < -0.3 is 10.6 Å². The van der Waals surface area contributed by atoms with E-state index in [-0.39, 0.29) is 5.56 Å². The van der Waals surface area contributed by atoms with Crippen molar-refractivity contribution in [3.05, 3.63) is 63.9 Å². The Balaban J connectivity index is 2.23. The molecule has 0 fully saturated rings. The number of hydrogen-bond donors (Lipinski definition) is 2. The molecule has 1 amide bonds. The molecule has 0 saturated carbocycles. The van der Waals surface area contributed by atoms with E-state index in [1.54, 1.807) is 12.1 Å². The van der Waals surface area contributed by atoms with Gasteiger partial charge in [0.15, 0.2) is 0 Å². The van der Waals surface area contributed by atoms with E-state index < -0.39 is 11.7 Å². The van der Waals surface area contributed by atoms with Crippen molar-refractivity contribution in [2.24, 2.45) is 0 Å². The summed E-state index contributed by atoms with van der Waals surface area (Å²) in [4.78, 5) is 12.1. The van der Waals surface area contributed by atoms with E-state index in [1.807, 2.05) is 25.2 Å². The first-order valence-electron chi connectivity index (χ1n) is 6.10. The topological polar surface area (TPSA) is 41.1 Å². The third-order valence-electron chi connectivity index (χ3n) is 2.81. The minimum Gasteiger partial charge on any atom is -0.322 e. The number of amides is 1. The van der Waals surface area contributed by atoms with Crippen LogP contribution in [-0.2, 0) is 6.54 Å². The number of carbonyl (C=O) groups excluding carboxylic acids is 1. The Labute approximate surface area is 125 Å². The van der Waals surface area contributed by atoms with Crippen LogP contribution < -0.4 is 10.6 Å². The molecule has 5 heteroatoms. The number of hydrogen-bond acceptors (Lipinski definition) is 2. The molecule has 2 aromatic rings. The van der Waals surface area contributed by atoms with Gasteiger partial charge in [-0.25, -0.2) is 4.39 Å². The van der Waals surface area contributed by atoms with E-state index in [1.165, 1.54) is 12.1 Å². The molecule has 0 spiro atoms. The number of rotatable bonds is 4. The normalized spacial score (nSPS) is 10.3. The van der Waals surface area contributed by atoms with Gasteiger partial charge in [-0.2, -0.15) is 0 Å². The van der Waals surface area contributed by atoms with E-state index in [0.29, 0.717) is 16.7 Å². The van der Waals surface area contributed by atoms with Crippen molar-refractivity contribution >= 4 is 27.5 Å². The molecule has 104 valence electrons. The molecule has 0 aliphatic carbocycles. The van der Waals surface area contributed by atoms with Gasteiger partial charge in [0, 0.05) is 16.7 Å². The molecule has 2 N–H and O–H groups in total. The largest absolute Gasteiger partial charge is 0.322 e. The van der Waals surface area contributed by atoms with Gasteiger partial charge in [-0.1, -0.05) is 34.1 Å². The van der Waals surface area contributed by atoms with Crippen molar-refractivity contribution < 1.29 is 9.18 Å². The molecule has 0 bridgehead atoms. The summed E-state index contributed by atoms with van der Waals surface area (Å²) in [7, 11) is 1.83. The third-order valence-corrected chi connectivity index (χ3v) is 3.30. The van der Waals surface area contributed by atoms with Crippen LogP contribution in [0.25, 0.3) is 0 Å². The van der Waals surface area contributed by atoms with Gasteiger partial charge in [0.25, 0.3) is 5.91 Å². The Morgan fingerprint density at radius 2 is 2.00 bits per heavy atom. The standard InChI is InChI=1S/C15H14BrFN2O/c1-18-9-10-4-2-3-5-14(10)19-15(20)12-7-6-11(16)8-13(12)17/h2-8,18H,9H2,1H3,(H,19,20). The first-order chi connectivity index (χ1) is 9.61. The van der Waals surface area contributed by atoms with Crippen LogP contribution in [-0.4, -0.2) is 13.0 Å². The highest BCUT2D eigenvalue weighted by molar-refractivity contribution is 9.10. The fourth-order valence-corrected chi connectivity index (χ4v) is 2.18. The molecule has 2 rings (SSSR count). The van der Waals surface area contributed by atoms with E-state index in [2.05, 4.69) is 26.6 Å². The zero-order valence-corrected chi connectivity index (χ0v) is 12.5. The fraction of sp³-hybridized carbons (Fsp3) is 0.133. The van der Waals surface area contributed by atoms with E-state index in [0.717, 1.165) is 5.56 Å². The summed E-state index contributed by atoms with van der Waals surface area (Å²) >= 11 is 3.16. The number of nitrogens with one attached hydrogen (secondary N) is 2. The van der Waals surface area contributed by atoms with Gasteiger partial charge in [-0.3, -0.25) is 4.79 Å². The summed E-state index contributed by atoms with van der Waals surface area (Å²) in [5.74, 6) is -1.01. The Bertz CT molecular complexity index is 631.